The standard InChI is InChI=1S/C15H15NO/c17-13-10-16(11-13)15-9-5-4-8-14(15)12-6-2-1-3-7-12/h1-9,13,17H,10-11H2. The summed E-state index contributed by atoms with van der Waals surface area (Å²) in [6.07, 6.45) is -0.168. The molecule has 1 heterocycles. The van der Waals surface area contributed by atoms with E-state index in [0.717, 1.165) is 13.1 Å². The monoisotopic (exact) mass is 225 g/mol. The van der Waals surface area contributed by atoms with Crippen molar-refractivity contribution in [3.63, 3.8) is 0 Å². The lowest BCUT2D eigenvalue weighted by Crippen LogP contribution is -2.51. The minimum absolute atomic E-state index is 0.168. The van der Waals surface area contributed by atoms with Crippen LogP contribution in [0, 0.1) is 0 Å². The molecule has 0 aliphatic carbocycles. The average molecular weight is 225 g/mol. The summed E-state index contributed by atoms with van der Waals surface area (Å²) < 4.78 is 0. The third-order valence-electron chi connectivity index (χ3n) is 3.19. The number of aliphatic hydroxyl groups excluding tert-OH is 1. The highest BCUT2D eigenvalue weighted by molar-refractivity contribution is 5.79. The summed E-state index contributed by atoms with van der Waals surface area (Å²) in [5.74, 6) is 0. The zero-order valence-corrected chi connectivity index (χ0v) is 9.58. The topological polar surface area (TPSA) is 23.5 Å². The van der Waals surface area contributed by atoms with E-state index in [0.29, 0.717) is 0 Å². The summed E-state index contributed by atoms with van der Waals surface area (Å²) in [5.41, 5.74) is 3.67. The van der Waals surface area contributed by atoms with Crippen LogP contribution in [-0.2, 0) is 0 Å². The molecule has 0 amide bonds. The highest BCUT2D eigenvalue weighted by Gasteiger charge is 2.26. The van der Waals surface area contributed by atoms with Gasteiger partial charge >= 0.3 is 0 Å². The van der Waals surface area contributed by atoms with Crippen LogP contribution in [0.5, 0.6) is 0 Å². The summed E-state index contributed by atoms with van der Waals surface area (Å²) in [6, 6.07) is 18.7. The maximum absolute atomic E-state index is 9.40. The van der Waals surface area contributed by atoms with Gasteiger partial charge in [0.1, 0.15) is 0 Å². The minimum atomic E-state index is -0.168. The van der Waals surface area contributed by atoms with Crippen LogP contribution in [0.1, 0.15) is 0 Å². The third kappa shape index (κ3) is 1.92. The van der Waals surface area contributed by atoms with Gasteiger partial charge in [-0.2, -0.15) is 0 Å². The van der Waals surface area contributed by atoms with Crippen LogP contribution in [0.15, 0.2) is 54.6 Å². The molecule has 1 aliphatic heterocycles. The van der Waals surface area contributed by atoms with Gasteiger partial charge in [-0.15, -0.1) is 0 Å². The molecule has 1 saturated heterocycles. The Morgan fingerprint density at radius 3 is 2.24 bits per heavy atom. The Labute approximate surface area is 101 Å². The maximum atomic E-state index is 9.40. The smallest absolute Gasteiger partial charge is 0.0889 e. The zero-order valence-electron chi connectivity index (χ0n) is 9.58. The van der Waals surface area contributed by atoms with Crippen LogP contribution >= 0.6 is 0 Å². The summed E-state index contributed by atoms with van der Waals surface area (Å²) in [5, 5.41) is 9.40. The van der Waals surface area contributed by atoms with E-state index >= 15 is 0 Å². The van der Waals surface area contributed by atoms with E-state index < -0.39 is 0 Å². The van der Waals surface area contributed by atoms with Crippen LogP contribution in [0.2, 0.25) is 0 Å². The fourth-order valence-electron chi connectivity index (χ4n) is 2.26. The Bertz CT molecular complexity index is 503. The number of rotatable bonds is 2. The molecule has 3 rings (SSSR count). The maximum Gasteiger partial charge on any atom is 0.0889 e. The van der Waals surface area contributed by atoms with Gasteiger partial charge in [-0.3, -0.25) is 0 Å². The number of benzene rings is 2. The molecule has 0 aromatic heterocycles. The molecule has 0 radical (unpaired) electrons. The quantitative estimate of drug-likeness (QED) is 0.849. The summed E-state index contributed by atoms with van der Waals surface area (Å²) in [4.78, 5) is 2.22. The van der Waals surface area contributed by atoms with Gasteiger partial charge in [0, 0.05) is 24.3 Å². The van der Waals surface area contributed by atoms with Crippen molar-refractivity contribution in [2.24, 2.45) is 0 Å². The summed E-state index contributed by atoms with van der Waals surface area (Å²) in [7, 11) is 0. The van der Waals surface area contributed by atoms with Gasteiger partial charge in [-0.25, -0.2) is 0 Å². The predicted molar refractivity (Wildman–Crippen MR) is 70.1 cm³/mol. The van der Waals surface area contributed by atoms with E-state index in [-0.39, 0.29) is 6.10 Å². The fraction of sp³-hybridized carbons (Fsp3) is 0.200. The van der Waals surface area contributed by atoms with Gasteiger partial charge in [-0.1, -0.05) is 48.5 Å². The molecule has 17 heavy (non-hydrogen) atoms. The lowest BCUT2D eigenvalue weighted by atomic mass is 10.0. The molecule has 2 aromatic carbocycles. The Balaban J connectivity index is 2.00. The number of anilines is 1. The Morgan fingerprint density at radius 2 is 1.53 bits per heavy atom. The number of para-hydroxylation sites is 1. The lowest BCUT2D eigenvalue weighted by Gasteiger charge is -2.39. The van der Waals surface area contributed by atoms with Crippen molar-refractivity contribution in [1.29, 1.82) is 0 Å². The number of β-amino-alcohol motifs (C(OH)–C–C–N with tert-alkyl or cyclic N) is 1. The van der Waals surface area contributed by atoms with Crippen molar-refractivity contribution < 1.29 is 5.11 Å². The van der Waals surface area contributed by atoms with Crippen molar-refractivity contribution in [2.75, 3.05) is 18.0 Å². The molecule has 2 heteroatoms. The zero-order chi connectivity index (χ0) is 11.7. The van der Waals surface area contributed by atoms with Gasteiger partial charge in [0.2, 0.25) is 0 Å². The second kappa shape index (κ2) is 4.22. The highest BCUT2D eigenvalue weighted by Crippen LogP contribution is 2.32. The molecule has 0 atom stereocenters. The third-order valence-corrected chi connectivity index (χ3v) is 3.19. The Hall–Kier alpha value is -1.80. The summed E-state index contributed by atoms with van der Waals surface area (Å²) >= 11 is 0. The first-order valence-electron chi connectivity index (χ1n) is 5.92. The van der Waals surface area contributed by atoms with E-state index in [4.69, 9.17) is 0 Å². The lowest BCUT2D eigenvalue weighted by molar-refractivity contribution is 0.142. The minimum Gasteiger partial charge on any atom is -0.389 e. The highest BCUT2D eigenvalue weighted by atomic mass is 16.3. The van der Waals surface area contributed by atoms with Crippen LogP contribution in [0.25, 0.3) is 11.1 Å². The SMILES string of the molecule is OC1CN(c2ccccc2-c2ccccc2)C1. The first kappa shape index (κ1) is 10.4. The molecular formula is C15H15NO. The fourth-order valence-corrected chi connectivity index (χ4v) is 2.26. The molecule has 0 bridgehead atoms. The largest absolute Gasteiger partial charge is 0.389 e. The second-order valence-electron chi connectivity index (χ2n) is 4.44. The molecular weight excluding hydrogens is 210 g/mol. The van der Waals surface area contributed by atoms with Gasteiger partial charge in [-0.05, 0) is 11.6 Å². The van der Waals surface area contributed by atoms with Crippen LogP contribution in [-0.4, -0.2) is 24.3 Å². The second-order valence-corrected chi connectivity index (χ2v) is 4.44. The Kier molecular flexibility index (Phi) is 2.57. The van der Waals surface area contributed by atoms with Crippen LogP contribution in [0.3, 0.4) is 0 Å². The van der Waals surface area contributed by atoms with Crippen molar-refractivity contribution in [2.45, 2.75) is 6.10 Å². The molecule has 0 saturated carbocycles. The molecule has 1 N–H and O–H groups in total. The van der Waals surface area contributed by atoms with Crippen molar-refractivity contribution in [3.8, 4) is 11.1 Å². The van der Waals surface area contributed by atoms with Crippen molar-refractivity contribution in [1.82, 2.24) is 0 Å². The molecule has 0 spiro atoms. The van der Waals surface area contributed by atoms with E-state index in [9.17, 15) is 5.11 Å². The number of aliphatic hydroxyl groups is 1. The molecule has 86 valence electrons. The molecule has 2 nitrogen and oxygen atoms in total. The first-order valence-corrected chi connectivity index (χ1v) is 5.92. The van der Waals surface area contributed by atoms with Gasteiger partial charge < -0.3 is 10.0 Å². The van der Waals surface area contributed by atoms with Gasteiger partial charge in [0.25, 0.3) is 0 Å². The predicted octanol–water partition coefficient (Wildman–Crippen LogP) is 2.53. The number of hydrogen-bond acceptors (Lipinski definition) is 2. The van der Waals surface area contributed by atoms with E-state index in [1.54, 1.807) is 0 Å². The normalized spacial score (nSPS) is 15.7. The average Bonchev–Trinajstić information content (AvgIpc) is 2.36. The van der Waals surface area contributed by atoms with Gasteiger partial charge in [0.05, 0.1) is 6.10 Å². The molecule has 1 aliphatic rings. The summed E-state index contributed by atoms with van der Waals surface area (Å²) in [6.45, 7) is 1.48. The number of nitrogens with zero attached hydrogens (tertiary/aromatic N) is 1. The van der Waals surface area contributed by atoms with E-state index in [1.165, 1.54) is 16.8 Å². The van der Waals surface area contributed by atoms with Crippen molar-refractivity contribution in [3.05, 3.63) is 54.6 Å². The van der Waals surface area contributed by atoms with Gasteiger partial charge in [0.15, 0.2) is 0 Å². The number of hydrogen-bond donors (Lipinski definition) is 1. The molecule has 1 fully saturated rings. The van der Waals surface area contributed by atoms with Crippen LogP contribution < -0.4 is 4.90 Å². The van der Waals surface area contributed by atoms with Crippen molar-refractivity contribution >= 4 is 5.69 Å². The molecule has 2 aromatic rings. The molecule has 0 unspecified atom stereocenters. The first-order chi connectivity index (χ1) is 8.34. The van der Waals surface area contributed by atoms with E-state index in [1.807, 2.05) is 12.1 Å². The van der Waals surface area contributed by atoms with E-state index in [2.05, 4.69) is 47.4 Å². The van der Waals surface area contributed by atoms with Crippen LogP contribution in [0.4, 0.5) is 5.69 Å². The Morgan fingerprint density at radius 1 is 0.882 bits per heavy atom.